The summed E-state index contributed by atoms with van der Waals surface area (Å²) in [5.74, 6) is 0.150. The van der Waals surface area contributed by atoms with E-state index in [1.165, 1.54) is 11.6 Å². The Morgan fingerprint density at radius 2 is 2.05 bits per heavy atom. The average Bonchev–Trinajstić information content (AvgIpc) is 3.63. The topological polar surface area (TPSA) is 109 Å². The van der Waals surface area contributed by atoms with Gasteiger partial charge in [0.15, 0.2) is 11.5 Å². The SMILES string of the molecule is CN(C(=O)/C=C/c1ccoc1)[C@@H]1CC[C@@]2([N+](=O)[O-])[C@H]3Cc4ccc(O)c5c4[C@@]2(CCN3CCc2ccccc2)[C@H]1O5. The Kier molecular flexibility index (Phi) is 5.97. The molecule has 2 bridgehead atoms. The molecular formula is C32H33N3O6. The first-order chi connectivity index (χ1) is 19.9. The van der Waals surface area contributed by atoms with Crippen molar-refractivity contribution in [3.63, 3.8) is 0 Å². The molecular weight excluding hydrogens is 522 g/mol. The summed E-state index contributed by atoms with van der Waals surface area (Å²) in [4.78, 5) is 30.7. The minimum absolute atomic E-state index is 0.00214. The molecule has 7 rings (SSSR count). The molecule has 212 valence electrons. The molecule has 1 saturated heterocycles. The standard InChI is InChI=1S/C32H33N3O6/c1-33(27(37)10-7-22-13-18-40-20-22)24-11-14-32(35(38)39)26-19-23-8-9-25(36)29-28(23)31(32,30(24)41-29)15-17-34(26)16-12-21-5-3-2-4-6-21/h2-10,13,18,20,24,26,30,36H,11-12,14-17,19H2,1H3/b10-7+/t24-,26-,30+,31+,32-/m1/s1. The lowest BCUT2D eigenvalue weighted by molar-refractivity contribution is -0.606. The molecule has 9 nitrogen and oxygen atoms in total. The highest BCUT2D eigenvalue weighted by Gasteiger charge is 2.80. The minimum atomic E-state index is -1.29. The molecule has 4 aliphatic rings. The smallest absolute Gasteiger partial charge is 0.251 e. The van der Waals surface area contributed by atoms with Crippen LogP contribution in [0.5, 0.6) is 11.5 Å². The van der Waals surface area contributed by atoms with Gasteiger partial charge in [0.25, 0.3) is 5.54 Å². The van der Waals surface area contributed by atoms with E-state index < -0.39 is 17.1 Å². The van der Waals surface area contributed by atoms with E-state index in [2.05, 4.69) is 17.0 Å². The van der Waals surface area contributed by atoms with Crippen LogP contribution in [-0.2, 0) is 23.1 Å². The van der Waals surface area contributed by atoms with Gasteiger partial charge in [-0.2, -0.15) is 0 Å². The molecule has 1 amide bonds. The van der Waals surface area contributed by atoms with E-state index >= 15 is 0 Å². The van der Waals surface area contributed by atoms with Gasteiger partial charge in [-0.15, -0.1) is 0 Å². The molecule has 2 aliphatic carbocycles. The van der Waals surface area contributed by atoms with Gasteiger partial charge in [0.1, 0.15) is 11.5 Å². The molecule has 0 radical (unpaired) electrons. The van der Waals surface area contributed by atoms with Crippen LogP contribution in [0.15, 0.2) is 71.6 Å². The minimum Gasteiger partial charge on any atom is -0.504 e. The van der Waals surface area contributed by atoms with Gasteiger partial charge < -0.3 is 19.2 Å². The number of piperidine rings is 1. The number of hydrogen-bond acceptors (Lipinski definition) is 7. The Labute approximate surface area is 238 Å². The fourth-order valence-corrected chi connectivity index (χ4v) is 8.38. The summed E-state index contributed by atoms with van der Waals surface area (Å²) in [6.07, 6.45) is 8.29. The number of carbonyl (C=O) groups is 1. The van der Waals surface area contributed by atoms with Gasteiger partial charge in [0.2, 0.25) is 5.91 Å². The van der Waals surface area contributed by atoms with Gasteiger partial charge in [-0.05, 0) is 61.6 Å². The van der Waals surface area contributed by atoms with Crippen molar-refractivity contribution in [1.82, 2.24) is 9.80 Å². The van der Waals surface area contributed by atoms with Crippen molar-refractivity contribution in [3.8, 4) is 11.5 Å². The van der Waals surface area contributed by atoms with E-state index in [1.54, 1.807) is 42.7 Å². The predicted octanol–water partition coefficient (Wildman–Crippen LogP) is 4.21. The number of amides is 1. The normalized spacial score (nSPS) is 29.6. The number of likely N-dealkylation sites (N-methyl/N-ethyl adjacent to an activating group) is 1. The number of likely N-dealkylation sites (tertiary alicyclic amines) is 1. The number of carbonyl (C=O) groups excluding carboxylic acids is 1. The molecule has 9 heteroatoms. The molecule has 2 fully saturated rings. The van der Waals surface area contributed by atoms with Crippen molar-refractivity contribution >= 4 is 12.0 Å². The maximum Gasteiger partial charge on any atom is 0.251 e. The molecule has 1 N–H and O–H groups in total. The molecule has 3 heterocycles. The summed E-state index contributed by atoms with van der Waals surface area (Å²) >= 11 is 0. The van der Waals surface area contributed by atoms with Crippen LogP contribution >= 0.6 is 0 Å². The van der Waals surface area contributed by atoms with Crippen LogP contribution in [0.1, 0.15) is 41.5 Å². The number of benzene rings is 2. The first-order valence-corrected chi connectivity index (χ1v) is 14.3. The van der Waals surface area contributed by atoms with Crippen molar-refractivity contribution < 1.29 is 24.0 Å². The van der Waals surface area contributed by atoms with E-state index in [-0.39, 0.29) is 28.7 Å². The van der Waals surface area contributed by atoms with Crippen LogP contribution in [0, 0.1) is 10.1 Å². The number of nitrogens with zero attached hydrogens (tertiary/aromatic N) is 3. The van der Waals surface area contributed by atoms with E-state index in [9.17, 15) is 20.0 Å². The third-order valence-electron chi connectivity index (χ3n) is 10.2. The van der Waals surface area contributed by atoms with E-state index in [1.807, 2.05) is 24.3 Å². The third kappa shape index (κ3) is 3.61. The number of rotatable bonds is 7. The van der Waals surface area contributed by atoms with E-state index in [4.69, 9.17) is 9.15 Å². The van der Waals surface area contributed by atoms with E-state index in [0.29, 0.717) is 38.0 Å². The molecule has 1 aromatic heterocycles. The highest BCUT2D eigenvalue weighted by Crippen LogP contribution is 2.66. The number of phenols is 1. The van der Waals surface area contributed by atoms with Gasteiger partial charge in [-0.1, -0.05) is 36.4 Å². The second kappa shape index (κ2) is 9.48. The van der Waals surface area contributed by atoms with Gasteiger partial charge in [-0.3, -0.25) is 19.8 Å². The van der Waals surface area contributed by atoms with Gasteiger partial charge in [0.05, 0.1) is 24.6 Å². The molecule has 2 aliphatic heterocycles. The second-order valence-electron chi connectivity index (χ2n) is 11.8. The zero-order valence-electron chi connectivity index (χ0n) is 22.9. The molecule has 1 saturated carbocycles. The second-order valence-corrected chi connectivity index (χ2v) is 11.8. The Bertz CT molecular complexity index is 1520. The lowest BCUT2D eigenvalue weighted by Crippen LogP contribution is -2.80. The molecule has 5 atom stereocenters. The predicted molar refractivity (Wildman–Crippen MR) is 151 cm³/mol. The van der Waals surface area contributed by atoms with E-state index in [0.717, 1.165) is 29.7 Å². The molecule has 1 spiro atoms. The van der Waals surface area contributed by atoms with Crippen LogP contribution in [-0.4, -0.2) is 69.6 Å². The average molecular weight is 556 g/mol. The highest BCUT2D eigenvalue weighted by molar-refractivity contribution is 5.92. The summed E-state index contributed by atoms with van der Waals surface area (Å²) in [5.41, 5.74) is 1.54. The molecule has 0 unspecified atom stereocenters. The van der Waals surface area contributed by atoms with Crippen molar-refractivity contribution in [1.29, 1.82) is 0 Å². The monoisotopic (exact) mass is 555 g/mol. The van der Waals surface area contributed by atoms with Crippen molar-refractivity contribution in [2.24, 2.45) is 0 Å². The number of hydrogen-bond donors (Lipinski definition) is 1. The maximum absolute atomic E-state index is 13.4. The quantitative estimate of drug-likeness (QED) is 0.264. The Hall–Kier alpha value is -4.11. The number of phenolic OH excluding ortho intramolecular Hbond substituents is 1. The van der Waals surface area contributed by atoms with Crippen LogP contribution in [0.3, 0.4) is 0 Å². The summed E-state index contributed by atoms with van der Waals surface area (Å²) in [6.45, 7) is 1.42. The number of nitro groups is 1. The van der Waals surface area contributed by atoms with Crippen molar-refractivity contribution in [2.45, 2.75) is 61.2 Å². The largest absolute Gasteiger partial charge is 0.504 e. The Morgan fingerprint density at radius 3 is 2.80 bits per heavy atom. The first-order valence-electron chi connectivity index (χ1n) is 14.3. The van der Waals surface area contributed by atoms with Crippen molar-refractivity contribution in [2.75, 3.05) is 20.1 Å². The molecule has 41 heavy (non-hydrogen) atoms. The summed E-state index contributed by atoms with van der Waals surface area (Å²) < 4.78 is 11.7. The van der Waals surface area contributed by atoms with Gasteiger partial charge >= 0.3 is 0 Å². The summed E-state index contributed by atoms with van der Waals surface area (Å²) in [7, 11) is 1.74. The van der Waals surface area contributed by atoms with Crippen LogP contribution in [0.25, 0.3) is 6.08 Å². The summed E-state index contributed by atoms with van der Waals surface area (Å²) in [6, 6.07) is 14.8. The Morgan fingerprint density at radius 1 is 1.22 bits per heavy atom. The maximum atomic E-state index is 13.4. The zero-order valence-corrected chi connectivity index (χ0v) is 22.9. The Balaban J connectivity index is 1.28. The lowest BCUT2D eigenvalue weighted by Gasteiger charge is -2.61. The fourth-order valence-electron chi connectivity index (χ4n) is 8.38. The molecule has 3 aromatic rings. The lowest BCUT2D eigenvalue weighted by atomic mass is 9.46. The van der Waals surface area contributed by atoms with Crippen LogP contribution in [0.4, 0.5) is 0 Å². The zero-order chi connectivity index (χ0) is 28.4. The number of ether oxygens (including phenoxy) is 1. The highest BCUT2D eigenvalue weighted by atomic mass is 16.6. The van der Waals surface area contributed by atoms with Crippen LogP contribution < -0.4 is 4.74 Å². The fraction of sp³-hybridized carbons (Fsp3) is 0.406. The number of aromatic hydroxyl groups is 1. The van der Waals surface area contributed by atoms with Crippen LogP contribution in [0.2, 0.25) is 0 Å². The van der Waals surface area contributed by atoms with Gasteiger partial charge in [0, 0.05) is 42.1 Å². The first kappa shape index (κ1) is 25.8. The third-order valence-corrected chi connectivity index (χ3v) is 10.2. The summed E-state index contributed by atoms with van der Waals surface area (Å²) in [5, 5.41) is 24.3. The number of furan rings is 1. The van der Waals surface area contributed by atoms with Gasteiger partial charge in [-0.25, -0.2) is 0 Å². The van der Waals surface area contributed by atoms with Crippen molar-refractivity contribution in [3.05, 3.63) is 99.5 Å². The molecule has 2 aromatic carbocycles.